The van der Waals surface area contributed by atoms with Crippen molar-refractivity contribution < 1.29 is 14.7 Å². The quantitative estimate of drug-likeness (QED) is 0.889. The summed E-state index contributed by atoms with van der Waals surface area (Å²) in [5.74, 6) is -1.15. The van der Waals surface area contributed by atoms with Crippen molar-refractivity contribution in [3.63, 3.8) is 0 Å². The predicted molar refractivity (Wildman–Crippen MR) is 84.9 cm³/mol. The molecule has 7 nitrogen and oxygen atoms in total. The number of nitrogens with zero attached hydrogens (tertiary/aromatic N) is 4. The molecule has 3 rings (SSSR count). The lowest BCUT2D eigenvalue weighted by Gasteiger charge is -2.37. The van der Waals surface area contributed by atoms with Gasteiger partial charge in [0.2, 0.25) is 0 Å². The molecule has 1 atom stereocenters. The zero-order chi connectivity index (χ0) is 16.7. The molecule has 1 unspecified atom stereocenters. The minimum atomic E-state index is -0.928. The number of aliphatic carboxylic acids is 1. The van der Waals surface area contributed by atoms with E-state index < -0.39 is 12.0 Å². The molecule has 1 aliphatic heterocycles. The summed E-state index contributed by atoms with van der Waals surface area (Å²) in [5.41, 5.74) is 1.67. The first-order chi connectivity index (χ1) is 10.9. The molecule has 8 heteroatoms. The number of hydrogen-bond acceptors (Lipinski definition) is 4. The first-order valence-electron chi connectivity index (χ1n) is 7.25. The Kier molecular flexibility index (Phi) is 3.99. The number of hydrogen-bond donors (Lipinski definition) is 1. The third kappa shape index (κ3) is 2.77. The van der Waals surface area contributed by atoms with E-state index in [1.807, 2.05) is 0 Å². The van der Waals surface area contributed by atoms with Gasteiger partial charge in [-0.2, -0.15) is 0 Å². The molecule has 0 bridgehead atoms. The fourth-order valence-corrected chi connectivity index (χ4v) is 3.03. The number of carboxylic acids is 1. The van der Waals surface area contributed by atoms with Crippen LogP contribution in [-0.2, 0) is 4.79 Å². The van der Waals surface area contributed by atoms with Gasteiger partial charge < -0.3 is 10.0 Å². The standard InChI is InChI=1S/C15H17ClN4O3/c1-9-13(20-7-10(16)3-4-12(20)17-9)14(21)19-6-5-18(2)11(8-19)15(22)23/h3-4,7,11H,5-6,8H2,1-2H3,(H,22,23). The molecule has 0 saturated carbocycles. The van der Waals surface area contributed by atoms with Crippen molar-refractivity contribution in [2.45, 2.75) is 13.0 Å². The molecule has 1 N–H and O–H groups in total. The molecular formula is C15H17ClN4O3. The monoisotopic (exact) mass is 336 g/mol. The Morgan fingerprint density at radius 3 is 2.78 bits per heavy atom. The second-order valence-corrected chi connectivity index (χ2v) is 6.14. The van der Waals surface area contributed by atoms with Crippen LogP contribution in [0.1, 0.15) is 16.2 Å². The Morgan fingerprint density at radius 1 is 1.35 bits per heavy atom. The molecule has 1 aliphatic rings. The Labute approximate surface area is 138 Å². The summed E-state index contributed by atoms with van der Waals surface area (Å²) in [5, 5.41) is 9.79. The highest BCUT2D eigenvalue weighted by Gasteiger charge is 2.33. The van der Waals surface area contributed by atoms with Crippen molar-refractivity contribution in [2.75, 3.05) is 26.7 Å². The second kappa shape index (κ2) is 5.82. The lowest BCUT2D eigenvalue weighted by Crippen LogP contribution is -2.56. The first kappa shape index (κ1) is 15.8. The molecule has 0 aromatic carbocycles. The van der Waals surface area contributed by atoms with Crippen LogP contribution in [0.25, 0.3) is 5.65 Å². The van der Waals surface area contributed by atoms with Crippen molar-refractivity contribution in [1.82, 2.24) is 19.2 Å². The highest BCUT2D eigenvalue weighted by Crippen LogP contribution is 2.19. The lowest BCUT2D eigenvalue weighted by atomic mass is 10.1. The lowest BCUT2D eigenvalue weighted by molar-refractivity contribution is -0.144. The van der Waals surface area contributed by atoms with Gasteiger partial charge in [0, 0.05) is 25.8 Å². The highest BCUT2D eigenvalue weighted by atomic mass is 35.5. The molecule has 2 aromatic heterocycles. The van der Waals surface area contributed by atoms with Crippen LogP contribution >= 0.6 is 11.6 Å². The number of aromatic nitrogens is 2. The smallest absolute Gasteiger partial charge is 0.322 e. The largest absolute Gasteiger partial charge is 0.480 e. The highest BCUT2D eigenvalue weighted by molar-refractivity contribution is 6.30. The van der Waals surface area contributed by atoms with Gasteiger partial charge in [-0.05, 0) is 26.1 Å². The molecule has 0 radical (unpaired) electrons. The number of imidazole rings is 1. The zero-order valence-electron chi connectivity index (χ0n) is 12.9. The van der Waals surface area contributed by atoms with Gasteiger partial charge in [-0.15, -0.1) is 0 Å². The number of pyridine rings is 1. The molecule has 0 aliphatic carbocycles. The number of fused-ring (bicyclic) bond motifs is 1. The van der Waals surface area contributed by atoms with Gasteiger partial charge in [-0.3, -0.25) is 18.9 Å². The number of carbonyl (C=O) groups is 2. The summed E-state index contributed by atoms with van der Waals surface area (Å²) in [6.45, 7) is 2.91. The molecule has 1 saturated heterocycles. The van der Waals surface area contributed by atoms with Gasteiger partial charge in [-0.1, -0.05) is 11.6 Å². The van der Waals surface area contributed by atoms with E-state index >= 15 is 0 Å². The van der Waals surface area contributed by atoms with Gasteiger partial charge in [0.25, 0.3) is 5.91 Å². The fourth-order valence-electron chi connectivity index (χ4n) is 2.87. The number of amides is 1. The van der Waals surface area contributed by atoms with E-state index in [4.69, 9.17) is 11.6 Å². The second-order valence-electron chi connectivity index (χ2n) is 5.71. The number of halogens is 1. The van der Waals surface area contributed by atoms with E-state index in [1.165, 1.54) is 0 Å². The van der Waals surface area contributed by atoms with Gasteiger partial charge in [0.05, 0.1) is 10.7 Å². The molecule has 1 amide bonds. The number of likely N-dealkylation sites (N-methyl/N-ethyl adjacent to an activating group) is 1. The molecule has 122 valence electrons. The van der Waals surface area contributed by atoms with E-state index in [9.17, 15) is 14.7 Å². The van der Waals surface area contributed by atoms with E-state index in [2.05, 4.69) is 4.98 Å². The van der Waals surface area contributed by atoms with E-state index in [-0.39, 0.29) is 12.5 Å². The fraction of sp³-hybridized carbons (Fsp3) is 0.400. The number of carbonyl (C=O) groups excluding carboxylic acids is 1. The van der Waals surface area contributed by atoms with E-state index in [0.29, 0.717) is 35.1 Å². The maximum absolute atomic E-state index is 12.9. The van der Waals surface area contributed by atoms with Crippen molar-refractivity contribution in [3.05, 3.63) is 34.7 Å². The minimum Gasteiger partial charge on any atom is -0.480 e. The van der Waals surface area contributed by atoms with Crippen LogP contribution in [0, 0.1) is 6.92 Å². The van der Waals surface area contributed by atoms with Gasteiger partial charge >= 0.3 is 5.97 Å². The average Bonchev–Trinajstić information content (AvgIpc) is 2.82. The minimum absolute atomic E-state index is 0.151. The third-order valence-electron chi connectivity index (χ3n) is 4.18. The van der Waals surface area contributed by atoms with Crippen LogP contribution < -0.4 is 0 Å². The summed E-state index contributed by atoms with van der Waals surface area (Å²) >= 11 is 6.02. The summed E-state index contributed by atoms with van der Waals surface area (Å²) < 4.78 is 1.66. The van der Waals surface area contributed by atoms with Crippen LogP contribution in [0.15, 0.2) is 18.3 Å². The van der Waals surface area contributed by atoms with Gasteiger partial charge in [0.1, 0.15) is 17.4 Å². The van der Waals surface area contributed by atoms with Crippen molar-refractivity contribution >= 4 is 29.1 Å². The van der Waals surface area contributed by atoms with Crippen LogP contribution in [-0.4, -0.2) is 68.9 Å². The third-order valence-corrected chi connectivity index (χ3v) is 4.40. The van der Waals surface area contributed by atoms with Crippen molar-refractivity contribution in [1.29, 1.82) is 0 Å². The van der Waals surface area contributed by atoms with Crippen LogP contribution in [0.3, 0.4) is 0 Å². The SMILES string of the molecule is Cc1nc2ccc(Cl)cn2c1C(=O)N1CCN(C)C(C(=O)O)C1. The number of rotatable bonds is 2. The van der Waals surface area contributed by atoms with Crippen LogP contribution in [0.5, 0.6) is 0 Å². The van der Waals surface area contributed by atoms with Crippen LogP contribution in [0.2, 0.25) is 5.02 Å². The topological polar surface area (TPSA) is 78.2 Å². The normalized spacial score (nSPS) is 19.3. The number of piperazine rings is 1. The Bertz CT molecular complexity index is 788. The summed E-state index contributed by atoms with van der Waals surface area (Å²) in [7, 11) is 1.75. The van der Waals surface area contributed by atoms with Gasteiger partial charge in [-0.25, -0.2) is 4.98 Å². The summed E-state index contributed by atoms with van der Waals surface area (Å²) in [6.07, 6.45) is 1.65. The van der Waals surface area contributed by atoms with Crippen molar-refractivity contribution in [2.24, 2.45) is 0 Å². The summed E-state index contributed by atoms with van der Waals surface area (Å²) in [4.78, 5) is 31.9. The predicted octanol–water partition coefficient (Wildman–Crippen LogP) is 1.14. The average molecular weight is 337 g/mol. The molecular weight excluding hydrogens is 320 g/mol. The first-order valence-corrected chi connectivity index (χ1v) is 7.63. The number of aryl methyl sites for hydroxylation is 1. The van der Waals surface area contributed by atoms with Crippen molar-refractivity contribution in [3.8, 4) is 0 Å². The molecule has 2 aromatic rings. The summed E-state index contributed by atoms with van der Waals surface area (Å²) in [6, 6.07) is 2.76. The Morgan fingerprint density at radius 2 is 2.09 bits per heavy atom. The van der Waals surface area contributed by atoms with E-state index in [1.54, 1.807) is 46.5 Å². The van der Waals surface area contributed by atoms with Gasteiger partial charge in [0.15, 0.2) is 0 Å². The number of carboxylic acid groups (broad SMARTS) is 1. The Hall–Kier alpha value is -2.12. The molecule has 23 heavy (non-hydrogen) atoms. The Balaban J connectivity index is 1.96. The maximum atomic E-state index is 12.9. The van der Waals surface area contributed by atoms with E-state index in [0.717, 1.165) is 0 Å². The molecule has 1 fully saturated rings. The molecule has 3 heterocycles. The molecule has 0 spiro atoms. The van der Waals surface area contributed by atoms with Crippen LogP contribution in [0.4, 0.5) is 0 Å². The maximum Gasteiger partial charge on any atom is 0.322 e. The zero-order valence-corrected chi connectivity index (χ0v) is 13.6.